The second-order valence-electron chi connectivity index (χ2n) is 7.99. The molecule has 3 aliphatic rings. The molecule has 1 aliphatic carbocycles. The van der Waals surface area contributed by atoms with Crippen molar-refractivity contribution in [3.05, 3.63) is 40.3 Å². The molecule has 1 aromatic carbocycles. The zero-order chi connectivity index (χ0) is 22.5. The van der Waals surface area contributed by atoms with Crippen LogP contribution in [-0.4, -0.2) is 35.2 Å². The Morgan fingerprint density at radius 2 is 1.94 bits per heavy atom. The third-order valence-corrected chi connectivity index (χ3v) is 8.66. The Labute approximate surface area is 192 Å². The third kappa shape index (κ3) is 3.29. The van der Waals surface area contributed by atoms with Gasteiger partial charge in [-0.15, -0.1) is 11.3 Å². The number of nitrogens with one attached hydrogen (secondary N) is 1. The molecule has 0 saturated carbocycles. The van der Waals surface area contributed by atoms with Crippen LogP contribution >= 0.6 is 23.1 Å². The van der Waals surface area contributed by atoms with Crippen LogP contribution in [0.25, 0.3) is 0 Å². The fraction of sp³-hybridized carbons (Fsp3) is 0.364. The third-order valence-electron chi connectivity index (χ3n) is 6.00. The van der Waals surface area contributed by atoms with Gasteiger partial charge in [-0.25, -0.2) is 4.79 Å². The molecule has 2 aromatic rings. The maximum Gasteiger partial charge on any atom is 0.344 e. The fourth-order valence-corrected chi connectivity index (χ4v) is 7.32. The van der Waals surface area contributed by atoms with Crippen molar-refractivity contribution in [2.75, 3.05) is 16.8 Å². The Morgan fingerprint density at radius 1 is 1.16 bits per heavy atom. The first-order chi connectivity index (χ1) is 15.4. The number of aryl methyl sites for hydroxylation is 1. The summed E-state index contributed by atoms with van der Waals surface area (Å²) in [7, 11) is 0. The SMILES string of the molecule is NC(=O)c1c(NC(=O)COC(=O)[C@]23CCC(=O)N2c2ccccc2S3)sc2c1CCCC2. The van der Waals surface area contributed by atoms with E-state index in [0.29, 0.717) is 22.7 Å². The molecule has 0 radical (unpaired) electrons. The van der Waals surface area contributed by atoms with Gasteiger partial charge < -0.3 is 15.8 Å². The monoisotopic (exact) mass is 471 g/mol. The lowest BCUT2D eigenvalue weighted by Crippen LogP contribution is -2.48. The molecule has 166 valence electrons. The molecule has 8 nitrogen and oxygen atoms in total. The molecule has 1 aromatic heterocycles. The van der Waals surface area contributed by atoms with E-state index in [-0.39, 0.29) is 12.3 Å². The smallest absolute Gasteiger partial charge is 0.344 e. The maximum absolute atomic E-state index is 13.1. The summed E-state index contributed by atoms with van der Waals surface area (Å²) in [5.41, 5.74) is 7.53. The van der Waals surface area contributed by atoms with Gasteiger partial charge in [0, 0.05) is 22.6 Å². The highest BCUT2D eigenvalue weighted by Crippen LogP contribution is 2.56. The zero-order valence-electron chi connectivity index (χ0n) is 17.1. The van der Waals surface area contributed by atoms with Crippen LogP contribution in [0.5, 0.6) is 0 Å². The van der Waals surface area contributed by atoms with Crippen LogP contribution in [0.15, 0.2) is 29.2 Å². The highest BCUT2D eigenvalue weighted by Gasteiger charge is 2.58. The maximum atomic E-state index is 13.1. The number of primary amides is 1. The van der Waals surface area contributed by atoms with Gasteiger partial charge in [0.15, 0.2) is 11.5 Å². The molecule has 1 saturated heterocycles. The quantitative estimate of drug-likeness (QED) is 0.648. The summed E-state index contributed by atoms with van der Waals surface area (Å²) >= 11 is 2.64. The van der Waals surface area contributed by atoms with E-state index in [1.54, 1.807) is 6.07 Å². The Balaban J connectivity index is 1.29. The zero-order valence-corrected chi connectivity index (χ0v) is 18.8. The van der Waals surface area contributed by atoms with Crippen LogP contribution in [0.4, 0.5) is 10.7 Å². The number of nitrogens with two attached hydrogens (primary N) is 1. The lowest BCUT2D eigenvalue weighted by atomic mass is 9.95. The number of esters is 1. The number of thiophene rings is 1. The Hall–Kier alpha value is -2.85. The van der Waals surface area contributed by atoms with Gasteiger partial charge in [0.25, 0.3) is 11.8 Å². The van der Waals surface area contributed by atoms with E-state index < -0.39 is 29.3 Å². The summed E-state index contributed by atoms with van der Waals surface area (Å²) in [4.78, 5) is 52.3. The predicted octanol–water partition coefficient (Wildman–Crippen LogP) is 2.84. The molecular weight excluding hydrogens is 450 g/mol. The van der Waals surface area contributed by atoms with Gasteiger partial charge in [-0.3, -0.25) is 19.3 Å². The van der Waals surface area contributed by atoms with Crippen molar-refractivity contribution in [1.29, 1.82) is 0 Å². The van der Waals surface area contributed by atoms with Crippen LogP contribution in [-0.2, 0) is 32.0 Å². The molecule has 0 spiro atoms. The van der Waals surface area contributed by atoms with E-state index >= 15 is 0 Å². The highest BCUT2D eigenvalue weighted by molar-refractivity contribution is 8.02. The van der Waals surface area contributed by atoms with Crippen LogP contribution in [0, 0.1) is 0 Å². The topological polar surface area (TPSA) is 119 Å². The van der Waals surface area contributed by atoms with E-state index in [1.165, 1.54) is 28.0 Å². The van der Waals surface area contributed by atoms with Gasteiger partial charge in [0.1, 0.15) is 5.00 Å². The lowest BCUT2D eigenvalue weighted by Gasteiger charge is -2.28. The average Bonchev–Trinajstić information content (AvgIpc) is 3.41. The molecule has 1 fully saturated rings. The summed E-state index contributed by atoms with van der Waals surface area (Å²) in [5, 5.41) is 3.10. The Kier molecular flexibility index (Phi) is 5.21. The molecule has 0 bridgehead atoms. The van der Waals surface area contributed by atoms with Crippen LogP contribution < -0.4 is 16.0 Å². The minimum atomic E-state index is -1.18. The molecule has 2 aliphatic heterocycles. The Bertz CT molecular complexity index is 1160. The number of hydrogen-bond donors (Lipinski definition) is 2. The van der Waals surface area contributed by atoms with Gasteiger partial charge in [0.05, 0.1) is 11.3 Å². The van der Waals surface area contributed by atoms with Crippen molar-refractivity contribution in [2.45, 2.75) is 48.3 Å². The molecule has 10 heteroatoms. The van der Waals surface area contributed by atoms with E-state index in [4.69, 9.17) is 10.5 Å². The van der Waals surface area contributed by atoms with Gasteiger partial charge in [-0.05, 0) is 43.4 Å². The van der Waals surface area contributed by atoms with Gasteiger partial charge in [-0.2, -0.15) is 0 Å². The predicted molar refractivity (Wildman–Crippen MR) is 121 cm³/mol. The van der Waals surface area contributed by atoms with Crippen LogP contribution in [0.1, 0.15) is 46.5 Å². The highest BCUT2D eigenvalue weighted by atomic mass is 32.2. The molecule has 3 heterocycles. The number of ether oxygens (including phenoxy) is 1. The van der Waals surface area contributed by atoms with Crippen molar-refractivity contribution >= 4 is 57.5 Å². The largest absolute Gasteiger partial charge is 0.453 e. The summed E-state index contributed by atoms with van der Waals surface area (Å²) in [5.74, 6) is -1.89. The van der Waals surface area contributed by atoms with Crippen molar-refractivity contribution in [3.8, 4) is 0 Å². The second kappa shape index (κ2) is 7.93. The van der Waals surface area contributed by atoms with E-state index in [2.05, 4.69) is 5.32 Å². The summed E-state index contributed by atoms with van der Waals surface area (Å²) in [6.45, 7) is -0.514. The van der Waals surface area contributed by atoms with Crippen molar-refractivity contribution in [3.63, 3.8) is 0 Å². The van der Waals surface area contributed by atoms with Crippen molar-refractivity contribution in [2.24, 2.45) is 5.73 Å². The Morgan fingerprint density at radius 3 is 2.75 bits per heavy atom. The number of carbonyl (C=O) groups excluding carboxylic acids is 4. The molecule has 0 unspecified atom stereocenters. The normalized spacial score (nSPS) is 21.0. The number of thioether (sulfide) groups is 1. The minimum Gasteiger partial charge on any atom is -0.453 e. The van der Waals surface area contributed by atoms with E-state index in [9.17, 15) is 19.2 Å². The lowest BCUT2D eigenvalue weighted by molar-refractivity contribution is -0.149. The van der Waals surface area contributed by atoms with Crippen LogP contribution in [0.3, 0.4) is 0 Å². The fourth-order valence-electron chi connectivity index (χ4n) is 4.59. The number of anilines is 2. The molecule has 32 heavy (non-hydrogen) atoms. The first kappa shape index (κ1) is 21.0. The number of hydrogen-bond acceptors (Lipinski definition) is 7. The molecular formula is C22H21N3O5S2. The average molecular weight is 472 g/mol. The number of nitrogens with zero attached hydrogens (tertiary/aromatic N) is 1. The summed E-state index contributed by atoms with van der Waals surface area (Å²) < 4.78 is 5.37. The second-order valence-corrected chi connectivity index (χ2v) is 10.4. The number of benzene rings is 1. The summed E-state index contributed by atoms with van der Waals surface area (Å²) in [6, 6.07) is 7.33. The first-order valence-corrected chi connectivity index (χ1v) is 12.1. The molecule has 5 rings (SSSR count). The number of carbonyl (C=O) groups is 4. The molecule has 3 amide bonds. The molecule has 1 atom stereocenters. The number of amides is 3. The minimum absolute atomic E-state index is 0.140. The first-order valence-electron chi connectivity index (χ1n) is 10.4. The van der Waals surface area contributed by atoms with Gasteiger partial charge >= 0.3 is 5.97 Å². The molecule has 3 N–H and O–H groups in total. The number of para-hydroxylation sites is 1. The number of rotatable bonds is 5. The van der Waals surface area contributed by atoms with Crippen LogP contribution in [0.2, 0.25) is 0 Å². The van der Waals surface area contributed by atoms with Gasteiger partial charge in [-0.1, -0.05) is 23.9 Å². The van der Waals surface area contributed by atoms with Crippen molar-refractivity contribution < 1.29 is 23.9 Å². The summed E-state index contributed by atoms with van der Waals surface area (Å²) in [6.07, 6.45) is 4.19. The van der Waals surface area contributed by atoms with Crippen molar-refractivity contribution in [1.82, 2.24) is 0 Å². The number of fused-ring (bicyclic) bond motifs is 4. The van der Waals surface area contributed by atoms with E-state index in [0.717, 1.165) is 41.0 Å². The van der Waals surface area contributed by atoms with E-state index in [1.807, 2.05) is 18.2 Å². The van der Waals surface area contributed by atoms with Gasteiger partial charge in [0.2, 0.25) is 5.91 Å². The standard InChI is InChI=1S/C22H21N3O5S2/c23-19(28)18-12-5-1-3-7-14(12)31-20(18)24-16(26)11-30-21(29)22-10-9-17(27)25(22)13-6-2-4-8-15(13)32-22/h2,4,6,8H,1,3,5,7,9-11H2,(H2,23,28)(H,24,26)/t22-/m1/s1.